The fourth-order valence-corrected chi connectivity index (χ4v) is 1.88. The second-order valence-corrected chi connectivity index (χ2v) is 4.73. The topological polar surface area (TPSA) is 42.2 Å². The van der Waals surface area contributed by atoms with Gasteiger partial charge in [0.2, 0.25) is 11.9 Å². The number of halogens is 5. The second kappa shape index (κ2) is 5.12. The van der Waals surface area contributed by atoms with Crippen molar-refractivity contribution in [2.75, 3.05) is 12.4 Å². The summed E-state index contributed by atoms with van der Waals surface area (Å²) in [6.07, 6.45) is -5.17. The van der Waals surface area contributed by atoms with E-state index >= 15 is 0 Å². The molecule has 0 aromatic carbocycles. The van der Waals surface area contributed by atoms with Crippen LogP contribution in [-0.2, 0) is 12.6 Å². The highest BCUT2D eigenvalue weighted by molar-refractivity contribution is 5.52. The Labute approximate surface area is 117 Å². The van der Waals surface area contributed by atoms with E-state index in [1.165, 1.54) is 7.05 Å². The zero-order valence-corrected chi connectivity index (χ0v) is 11.3. The minimum atomic E-state index is -4.61. The van der Waals surface area contributed by atoms with Gasteiger partial charge in [-0.1, -0.05) is 6.07 Å². The van der Waals surface area contributed by atoms with Gasteiger partial charge < -0.3 is 5.32 Å². The van der Waals surface area contributed by atoms with Gasteiger partial charge in [-0.05, 0) is 25.0 Å². The van der Waals surface area contributed by atoms with Crippen LogP contribution in [0.3, 0.4) is 0 Å². The van der Waals surface area contributed by atoms with Crippen molar-refractivity contribution < 1.29 is 22.0 Å². The zero-order valence-electron chi connectivity index (χ0n) is 11.3. The number of hydrogen-bond donors (Lipinski definition) is 1. The normalized spacial score (nSPS) is 12.9. The number of anilines is 1. The summed E-state index contributed by atoms with van der Waals surface area (Å²) >= 11 is 0. The Morgan fingerprint density at radius 3 is 2.38 bits per heavy atom. The third kappa shape index (κ3) is 3.40. The van der Waals surface area contributed by atoms with E-state index in [-0.39, 0.29) is 18.0 Å². The molecular formula is C12H13F5N4. The number of hydrogen-bond acceptors (Lipinski definition) is 3. The molecule has 9 heteroatoms. The van der Waals surface area contributed by atoms with E-state index in [9.17, 15) is 22.0 Å². The van der Waals surface area contributed by atoms with Gasteiger partial charge in [-0.2, -0.15) is 18.2 Å². The number of fused-ring (bicyclic) bond motifs is 1. The summed E-state index contributed by atoms with van der Waals surface area (Å²) < 4.78 is 65.2. The molecule has 0 fully saturated rings. The van der Waals surface area contributed by atoms with Crippen molar-refractivity contribution in [2.24, 2.45) is 0 Å². The van der Waals surface area contributed by atoms with Gasteiger partial charge in [-0.3, -0.25) is 0 Å². The second-order valence-electron chi connectivity index (χ2n) is 4.73. The smallest absolute Gasteiger partial charge is 0.356 e. The lowest BCUT2D eigenvalue weighted by atomic mass is 10.1. The first-order valence-electron chi connectivity index (χ1n) is 6.13. The summed E-state index contributed by atoms with van der Waals surface area (Å²) in [4.78, 5) is 3.90. The van der Waals surface area contributed by atoms with E-state index in [0.29, 0.717) is 10.1 Å². The highest BCUT2D eigenvalue weighted by Gasteiger charge is 2.35. The lowest BCUT2D eigenvalue weighted by Crippen LogP contribution is -2.15. The van der Waals surface area contributed by atoms with Crippen LogP contribution in [0.5, 0.6) is 0 Å². The largest absolute Gasteiger partial charge is 0.433 e. The van der Waals surface area contributed by atoms with Crippen molar-refractivity contribution in [1.82, 2.24) is 14.6 Å². The monoisotopic (exact) mass is 308 g/mol. The Bertz CT molecular complexity index is 641. The van der Waals surface area contributed by atoms with Crippen LogP contribution >= 0.6 is 0 Å². The van der Waals surface area contributed by atoms with Crippen LogP contribution in [0.4, 0.5) is 27.9 Å². The van der Waals surface area contributed by atoms with Crippen LogP contribution < -0.4 is 5.32 Å². The Hall–Kier alpha value is -1.93. The third-order valence-corrected chi connectivity index (χ3v) is 2.91. The highest BCUT2D eigenvalue weighted by atomic mass is 19.4. The fourth-order valence-electron chi connectivity index (χ4n) is 1.88. The van der Waals surface area contributed by atoms with Crippen LogP contribution in [0, 0.1) is 0 Å². The molecule has 0 spiro atoms. The predicted molar refractivity (Wildman–Crippen MR) is 66.5 cm³/mol. The molecule has 21 heavy (non-hydrogen) atoms. The van der Waals surface area contributed by atoms with Crippen molar-refractivity contribution in [3.63, 3.8) is 0 Å². The molecule has 0 bridgehead atoms. The molecule has 0 radical (unpaired) electrons. The molecule has 0 amide bonds. The minimum absolute atomic E-state index is 0.00351. The van der Waals surface area contributed by atoms with Crippen LogP contribution in [0.1, 0.15) is 24.6 Å². The fraction of sp³-hybridized carbons (Fsp3) is 0.500. The van der Waals surface area contributed by atoms with Gasteiger partial charge >= 0.3 is 6.18 Å². The summed E-state index contributed by atoms with van der Waals surface area (Å²) in [7, 11) is 1.46. The summed E-state index contributed by atoms with van der Waals surface area (Å²) in [5, 5.41) is 6.23. The summed E-state index contributed by atoms with van der Waals surface area (Å²) in [6, 6.07) is 1.99. The van der Waals surface area contributed by atoms with Crippen LogP contribution in [0.25, 0.3) is 5.65 Å². The first-order chi connectivity index (χ1) is 9.62. The molecule has 0 aliphatic rings. The van der Waals surface area contributed by atoms with Gasteiger partial charge in [0.15, 0.2) is 5.65 Å². The molecule has 0 saturated heterocycles. The van der Waals surface area contributed by atoms with Crippen molar-refractivity contribution >= 4 is 11.6 Å². The van der Waals surface area contributed by atoms with Gasteiger partial charge in [0, 0.05) is 13.5 Å². The summed E-state index contributed by atoms with van der Waals surface area (Å²) in [6.45, 7) is 0.761. The average Bonchev–Trinajstić information content (AvgIpc) is 2.77. The maximum atomic E-state index is 12.9. The lowest BCUT2D eigenvalue weighted by Gasteiger charge is -2.12. The van der Waals surface area contributed by atoms with Gasteiger partial charge in [0.25, 0.3) is 0 Å². The molecule has 0 atom stereocenters. The lowest BCUT2D eigenvalue weighted by molar-refractivity contribution is -0.142. The molecule has 2 aromatic heterocycles. The molecule has 0 unspecified atom stereocenters. The number of aromatic nitrogens is 3. The number of nitrogens with one attached hydrogen (secondary N) is 1. The zero-order chi connectivity index (χ0) is 15.8. The summed E-state index contributed by atoms with van der Waals surface area (Å²) in [5.41, 5.74) is -0.782. The van der Waals surface area contributed by atoms with E-state index in [1.807, 2.05) is 0 Å². The van der Waals surface area contributed by atoms with Crippen molar-refractivity contribution in [1.29, 1.82) is 0 Å². The highest BCUT2D eigenvalue weighted by Crippen LogP contribution is 2.31. The van der Waals surface area contributed by atoms with Crippen molar-refractivity contribution in [2.45, 2.75) is 31.9 Å². The quantitative estimate of drug-likeness (QED) is 0.881. The number of aryl methyl sites for hydroxylation is 1. The van der Waals surface area contributed by atoms with Gasteiger partial charge in [-0.15, -0.1) is 5.10 Å². The van der Waals surface area contributed by atoms with Crippen LogP contribution in [0.2, 0.25) is 0 Å². The molecule has 0 saturated carbocycles. The first kappa shape index (κ1) is 15.5. The Kier molecular flexibility index (Phi) is 3.77. The van der Waals surface area contributed by atoms with Crippen LogP contribution in [0.15, 0.2) is 12.1 Å². The predicted octanol–water partition coefficient (Wildman–Crippen LogP) is 3.38. The Morgan fingerprint density at radius 1 is 1.19 bits per heavy atom. The molecule has 1 N–H and O–H groups in total. The first-order valence-corrected chi connectivity index (χ1v) is 6.13. The Morgan fingerprint density at radius 2 is 1.86 bits per heavy atom. The molecular weight excluding hydrogens is 295 g/mol. The number of alkyl halides is 5. The van der Waals surface area contributed by atoms with Crippen molar-refractivity contribution in [3.05, 3.63) is 23.4 Å². The van der Waals surface area contributed by atoms with E-state index in [1.54, 1.807) is 0 Å². The molecule has 0 aliphatic heterocycles. The number of rotatable bonds is 4. The molecule has 4 nitrogen and oxygen atoms in total. The molecule has 2 heterocycles. The van der Waals surface area contributed by atoms with E-state index in [0.717, 1.165) is 19.1 Å². The number of pyridine rings is 1. The number of nitrogens with zero attached hydrogens (tertiary/aromatic N) is 3. The maximum absolute atomic E-state index is 12.9. The standard InChI is InChI=1S/C12H13F5N4/c1-11(13,14)6-5-7-3-4-8(12(15,16)17)21-9(7)19-10(18-2)20-21/h3-4H,5-6H2,1-2H3,(H,18,20). The van der Waals surface area contributed by atoms with E-state index in [4.69, 9.17) is 0 Å². The SMILES string of the molecule is CNc1nc2c(CCC(C)(F)F)ccc(C(F)(F)F)n2n1. The van der Waals surface area contributed by atoms with Crippen LogP contribution in [-0.4, -0.2) is 27.6 Å². The van der Waals surface area contributed by atoms with Gasteiger partial charge in [0.1, 0.15) is 5.69 Å². The summed E-state index contributed by atoms with van der Waals surface area (Å²) in [5.74, 6) is -2.90. The van der Waals surface area contributed by atoms with Crippen molar-refractivity contribution in [3.8, 4) is 0 Å². The van der Waals surface area contributed by atoms with Gasteiger partial charge in [-0.25, -0.2) is 13.3 Å². The minimum Gasteiger partial charge on any atom is -0.356 e. The maximum Gasteiger partial charge on any atom is 0.433 e. The Balaban J connectivity index is 2.51. The average molecular weight is 308 g/mol. The molecule has 2 aromatic rings. The molecule has 2 rings (SSSR count). The molecule has 116 valence electrons. The third-order valence-electron chi connectivity index (χ3n) is 2.91. The molecule has 0 aliphatic carbocycles. The van der Waals surface area contributed by atoms with E-state index in [2.05, 4.69) is 15.4 Å². The van der Waals surface area contributed by atoms with Gasteiger partial charge in [0.05, 0.1) is 0 Å². The van der Waals surface area contributed by atoms with E-state index < -0.39 is 24.2 Å².